The lowest BCUT2D eigenvalue weighted by Crippen LogP contribution is -2.22. The molecule has 0 radical (unpaired) electrons. The molecule has 3 aromatic rings. The van der Waals surface area contributed by atoms with Crippen LogP contribution in [0.15, 0.2) is 66.9 Å². The second kappa shape index (κ2) is 6.93. The van der Waals surface area contributed by atoms with Crippen molar-refractivity contribution in [1.29, 1.82) is 0 Å². The maximum Gasteiger partial charge on any atom is 0.226 e. The fraction of sp³-hybridized carbons (Fsp3) is 0.238. The van der Waals surface area contributed by atoms with Crippen molar-refractivity contribution in [2.45, 2.75) is 31.7 Å². The van der Waals surface area contributed by atoms with E-state index in [9.17, 15) is 4.79 Å². The molecule has 0 unspecified atom stereocenters. The summed E-state index contributed by atoms with van der Waals surface area (Å²) in [7, 11) is 0. The molecule has 25 heavy (non-hydrogen) atoms. The topological polar surface area (TPSA) is 46.9 Å². The summed E-state index contributed by atoms with van der Waals surface area (Å²) in [6.07, 6.45) is 4.57. The van der Waals surface area contributed by atoms with Gasteiger partial charge in [0.05, 0.1) is 6.54 Å². The molecule has 1 aliphatic rings. The Morgan fingerprint density at radius 3 is 2.40 bits per heavy atom. The van der Waals surface area contributed by atoms with Crippen molar-refractivity contribution in [3.05, 3.63) is 83.6 Å². The largest absolute Gasteiger partial charge is 0.309 e. The normalized spacial score (nSPS) is 16.3. The molecule has 4 rings (SSSR count). The molecule has 2 aromatic carbocycles. The third-order valence-corrected chi connectivity index (χ3v) is 4.73. The van der Waals surface area contributed by atoms with E-state index < -0.39 is 0 Å². The molecule has 4 nitrogen and oxygen atoms in total. The molecule has 0 fully saturated rings. The third kappa shape index (κ3) is 3.63. The number of rotatable bonds is 5. The zero-order valence-electron chi connectivity index (χ0n) is 14.1. The van der Waals surface area contributed by atoms with Crippen LogP contribution in [-0.2, 0) is 17.8 Å². The first-order chi connectivity index (χ1) is 12.3. The monoisotopic (exact) mass is 331 g/mol. The lowest BCUT2D eigenvalue weighted by Gasteiger charge is -2.21. The molecule has 0 aliphatic carbocycles. The second-order valence-corrected chi connectivity index (χ2v) is 6.59. The molecule has 1 amide bonds. The summed E-state index contributed by atoms with van der Waals surface area (Å²) in [5.41, 5.74) is 3.67. The average molecular weight is 331 g/mol. The Hall–Kier alpha value is -2.88. The van der Waals surface area contributed by atoms with Gasteiger partial charge in [-0.15, -0.1) is 0 Å². The van der Waals surface area contributed by atoms with Crippen LogP contribution in [0.25, 0.3) is 0 Å². The number of carbonyl (C=O) groups excluding carboxylic acids is 1. The van der Waals surface area contributed by atoms with Crippen LogP contribution in [0.1, 0.15) is 35.4 Å². The smallest absolute Gasteiger partial charge is 0.226 e. The average Bonchev–Trinajstić information content (AvgIpc) is 3.03. The number of hydrogen-bond acceptors (Lipinski definition) is 2. The highest BCUT2D eigenvalue weighted by atomic mass is 16.1. The molecule has 126 valence electrons. The van der Waals surface area contributed by atoms with Crippen LogP contribution < -0.4 is 5.32 Å². The Morgan fingerprint density at radius 2 is 1.68 bits per heavy atom. The summed E-state index contributed by atoms with van der Waals surface area (Å²) in [6, 6.07) is 20.7. The van der Waals surface area contributed by atoms with Crippen molar-refractivity contribution >= 4 is 11.7 Å². The van der Waals surface area contributed by atoms with Crippen LogP contribution in [0, 0.1) is 0 Å². The molecule has 0 saturated carbocycles. The summed E-state index contributed by atoms with van der Waals surface area (Å²) >= 11 is 0. The Labute approximate surface area is 147 Å². The Bertz CT molecular complexity index is 855. The van der Waals surface area contributed by atoms with Gasteiger partial charge < -0.3 is 5.32 Å². The molecule has 1 aromatic heterocycles. The summed E-state index contributed by atoms with van der Waals surface area (Å²) < 4.78 is 1.93. The van der Waals surface area contributed by atoms with Gasteiger partial charge in [-0.3, -0.25) is 9.48 Å². The first-order valence-corrected chi connectivity index (χ1v) is 8.73. The lowest BCUT2D eigenvalue weighted by molar-refractivity contribution is -0.116. The van der Waals surface area contributed by atoms with Gasteiger partial charge in [-0.25, -0.2) is 0 Å². The van der Waals surface area contributed by atoms with Crippen LogP contribution in [0.4, 0.5) is 5.82 Å². The van der Waals surface area contributed by atoms with Gasteiger partial charge in [0.15, 0.2) is 5.82 Å². The second-order valence-electron chi connectivity index (χ2n) is 6.59. The zero-order valence-corrected chi connectivity index (χ0v) is 14.1. The number of aryl methyl sites for hydroxylation is 1. The minimum atomic E-state index is 0.0653. The molecular weight excluding hydrogens is 310 g/mol. The Kier molecular flexibility index (Phi) is 4.34. The third-order valence-electron chi connectivity index (χ3n) is 4.73. The van der Waals surface area contributed by atoms with Gasteiger partial charge in [-0.2, -0.15) is 5.10 Å². The van der Waals surface area contributed by atoms with Gasteiger partial charge in [0.25, 0.3) is 0 Å². The number of hydrogen-bond donors (Lipinski definition) is 1. The number of amides is 1. The number of fused-ring (bicyclic) bond motifs is 1. The summed E-state index contributed by atoms with van der Waals surface area (Å²) in [5, 5.41) is 7.51. The summed E-state index contributed by atoms with van der Waals surface area (Å²) in [5.74, 6) is 1.02. The van der Waals surface area contributed by atoms with E-state index in [0.717, 1.165) is 30.8 Å². The number of benzene rings is 2. The first-order valence-electron chi connectivity index (χ1n) is 8.73. The number of nitrogens with zero attached hydrogens (tertiary/aromatic N) is 2. The molecule has 0 spiro atoms. The van der Waals surface area contributed by atoms with E-state index in [2.05, 4.69) is 53.0 Å². The van der Waals surface area contributed by atoms with Crippen molar-refractivity contribution in [1.82, 2.24) is 9.78 Å². The van der Waals surface area contributed by atoms with Gasteiger partial charge in [0.1, 0.15) is 0 Å². The Morgan fingerprint density at radius 1 is 1.00 bits per heavy atom. The number of nitrogens with one attached hydrogen (secondary N) is 1. The number of carbonyl (C=O) groups is 1. The van der Waals surface area contributed by atoms with Gasteiger partial charge in [0.2, 0.25) is 5.91 Å². The molecule has 0 bridgehead atoms. The van der Waals surface area contributed by atoms with Crippen LogP contribution in [0.5, 0.6) is 0 Å². The van der Waals surface area contributed by atoms with Crippen LogP contribution in [-0.4, -0.2) is 15.7 Å². The van der Waals surface area contributed by atoms with E-state index in [1.807, 2.05) is 28.9 Å². The molecule has 1 aliphatic heterocycles. The quantitative estimate of drug-likeness (QED) is 0.768. The highest BCUT2D eigenvalue weighted by Gasteiger charge is 2.27. The summed E-state index contributed by atoms with van der Waals surface area (Å²) in [4.78, 5) is 12.1. The van der Waals surface area contributed by atoms with E-state index in [-0.39, 0.29) is 11.8 Å². The van der Waals surface area contributed by atoms with E-state index in [1.54, 1.807) is 0 Å². The van der Waals surface area contributed by atoms with E-state index in [1.165, 1.54) is 11.1 Å². The van der Waals surface area contributed by atoms with Crippen molar-refractivity contribution in [2.24, 2.45) is 0 Å². The molecule has 4 heteroatoms. The van der Waals surface area contributed by atoms with E-state index in [0.29, 0.717) is 6.42 Å². The van der Waals surface area contributed by atoms with Gasteiger partial charge in [-0.05, 0) is 29.9 Å². The number of aromatic nitrogens is 2. The van der Waals surface area contributed by atoms with Gasteiger partial charge in [-0.1, -0.05) is 60.7 Å². The fourth-order valence-corrected chi connectivity index (χ4v) is 3.44. The molecule has 0 saturated heterocycles. The highest BCUT2D eigenvalue weighted by Crippen LogP contribution is 2.34. The predicted molar refractivity (Wildman–Crippen MR) is 98.5 cm³/mol. The van der Waals surface area contributed by atoms with Crippen LogP contribution in [0.2, 0.25) is 0 Å². The minimum Gasteiger partial charge on any atom is -0.309 e. The standard InChI is InChI=1S/C21H21N3O/c25-20-13-18(12-11-16-7-3-1-4-8-16)19-15-24(23-21(19)22-20)14-17-9-5-2-6-10-17/h1-10,15,18H,11-14H2,(H,22,23,25)/t18-/m0/s1. The maximum absolute atomic E-state index is 12.1. The predicted octanol–water partition coefficient (Wildman–Crippen LogP) is 3.99. The maximum atomic E-state index is 12.1. The van der Waals surface area contributed by atoms with Crippen molar-refractivity contribution in [2.75, 3.05) is 5.32 Å². The van der Waals surface area contributed by atoms with Crippen molar-refractivity contribution in [3.8, 4) is 0 Å². The Balaban J connectivity index is 1.52. The highest BCUT2D eigenvalue weighted by molar-refractivity contribution is 5.93. The molecule has 1 atom stereocenters. The van der Waals surface area contributed by atoms with Gasteiger partial charge >= 0.3 is 0 Å². The molecule has 2 heterocycles. The van der Waals surface area contributed by atoms with Gasteiger partial charge in [0, 0.05) is 18.2 Å². The van der Waals surface area contributed by atoms with Crippen LogP contribution in [0.3, 0.4) is 0 Å². The first kappa shape index (κ1) is 15.6. The van der Waals surface area contributed by atoms with Crippen molar-refractivity contribution < 1.29 is 4.79 Å². The lowest BCUT2D eigenvalue weighted by atomic mass is 9.88. The number of anilines is 1. The zero-order chi connectivity index (χ0) is 17.1. The minimum absolute atomic E-state index is 0.0653. The summed E-state index contributed by atoms with van der Waals surface area (Å²) in [6.45, 7) is 0.717. The SMILES string of the molecule is O=C1C[C@H](CCc2ccccc2)c2cn(Cc3ccccc3)nc2N1. The molecular formula is C21H21N3O. The van der Waals surface area contributed by atoms with E-state index in [4.69, 9.17) is 0 Å². The van der Waals surface area contributed by atoms with Crippen molar-refractivity contribution in [3.63, 3.8) is 0 Å². The van der Waals surface area contributed by atoms with Crippen LogP contribution >= 0.6 is 0 Å². The fourth-order valence-electron chi connectivity index (χ4n) is 3.44. The van der Waals surface area contributed by atoms with E-state index >= 15 is 0 Å². The molecule has 1 N–H and O–H groups in total.